The number of nitrogens with one attached hydrogen (secondary N) is 1. The van der Waals surface area contributed by atoms with Crippen molar-refractivity contribution in [1.82, 2.24) is 5.32 Å². The number of hydrogen-bond donors (Lipinski definition) is 1. The minimum Gasteiger partial charge on any atom is -0.308 e. The fraction of sp³-hybridized carbons (Fsp3) is 0.636. The zero-order chi connectivity index (χ0) is 9.80. The van der Waals surface area contributed by atoms with Gasteiger partial charge in [0.1, 0.15) is 0 Å². The molecular formula is C11H17NS2. The summed E-state index contributed by atoms with van der Waals surface area (Å²) < 4.78 is 0. The van der Waals surface area contributed by atoms with Crippen LogP contribution in [0.1, 0.15) is 23.8 Å². The number of aryl methyl sites for hydroxylation is 1. The molecule has 0 saturated carbocycles. The van der Waals surface area contributed by atoms with Gasteiger partial charge in [0.25, 0.3) is 0 Å². The van der Waals surface area contributed by atoms with Crippen LogP contribution in [0, 0.1) is 0 Å². The summed E-state index contributed by atoms with van der Waals surface area (Å²) in [6, 6.07) is 3.01. The molecule has 14 heavy (non-hydrogen) atoms. The lowest BCUT2D eigenvalue weighted by Crippen LogP contribution is -2.27. The lowest BCUT2D eigenvalue weighted by molar-refractivity contribution is 0.560. The highest BCUT2D eigenvalue weighted by atomic mass is 32.2. The normalized spacial score (nSPS) is 21.6. The maximum Gasteiger partial charge on any atom is 0.0305 e. The Bertz CT molecular complexity index is 277. The van der Waals surface area contributed by atoms with Crippen LogP contribution in [0.15, 0.2) is 11.4 Å². The minimum absolute atomic E-state index is 0.756. The van der Waals surface area contributed by atoms with Gasteiger partial charge in [-0.2, -0.15) is 11.8 Å². The van der Waals surface area contributed by atoms with Gasteiger partial charge >= 0.3 is 0 Å². The first kappa shape index (κ1) is 10.5. The number of hydrogen-bond acceptors (Lipinski definition) is 3. The van der Waals surface area contributed by atoms with Crippen LogP contribution >= 0.6 is 23.1 Å². The summed E-state index contributed by atoms with van der Waals surface area (Å²) in [6.07, 6.45) is 2.51. The van der Waals surface area contributed by atoms with Crippen molar-refractivity contribution >= 4 is 23.1 Å². The van der Waals surface area contributed by atoms with Gasteiger partial charge in [0, 0.05) is 23.2 Å². The molecule has 0 bridgehead atoms. The lowest BCUT2D eigenvalue weighted by atomic mass is 10.2. The third-order valence-electron chi connectivity index (χ3n) is 2.70. The molecule has 1 aliphatic heterocycles. The van der Waals surface area contributed by atoms with Crippen LogP contribution in [0.25, 0.3) is 0 Å². The molecule has 0 spiro atoms. The minimum atomic E-state index is 0.756. The van der Waals surface area contributed by atoms with Crippen LogP contribution in [0.2, 0.25) is 0 Å². The second-order valence-electron chi connectivity index (χ2n) is 3.66. The molecule has 1 saturated heterocycles. The molecule has 1 N–H and O–H groups in total. The smallest absolute Gasteiger partial charge is 0.0305 e. The highest BCUT2D eigenvalue weighted by Crippen LogP contribution is 2.20. The van der Waals surface area contributed by atoms with Crippen LogP contribution in [-0.2, 0) is 13.0 Å². The van der Waals surface area contributed by atoms with Crippen molar-refractivity contribution in [2.75, 3.05) is 11.5 Å². The van der Waals surface area contributed by atoms with Crippen LogP contribution < -0.4 is 5.32 Å². The summed E-state index contributed by atoms with van der Waals surface area (Å²) >= 11 is 3.96. The summed E-state index contributed by atoms with van der Waals surface area (Å²) in [5, 5.41) is 5.86. The van der Waals surface area contributed by atoms with Crippen molar-refractivity contribution in [1.29, 1.82) is 0 Å². The Labute approximate surface area is 94.3 Å². The van der Waals surface area contributed by atoms with E-state index in [-0.39, 0.29) is 0 Å². The molecule has 1 atom stereocenters. The summed E-state index contributed by atoms with van der Waals surface area (Å²) in [4.78, 5) is 1.53. The Morgan fingerprint density at radius 2 is 2.50 bits per heavy atom. The van der Waals surface area contributed by atoms with E-state index in [0.29, 0.717) is 0 Å². The maximum atomic E-state index is 3.65. The molecule has 0 aromatic carbocycles. The van der Waals surface area contributed by atoms with E-state index in [1.807, 2.05) is 11.3 Å². The lowest BCUT2D eigenvalue weighted by Gasteiger charge is -2.10. The quantitative estimate of drug-likeness (QED) is 0.849. The standard InChI is InChI=1S/C11H17NS2/c1-2-9-3-6-14-11(9)7-12-10-4-5-13-8-10/h3,6,10,12H,2,4-5,7-8H2,1H3. The van der Waals surface area contributed by atoms with E-state index in [1.165, 1.54) is 34.8 Å². The van der Waals surface area contributed by atoms with Gasteiger partial charge in [-0.05, 0) is 35.6 Å². The molecule has 1 aromatic rings. The second-order valence-corrected chi connectivity index (χ2v) is 5.81. The molecule has 1 fully saturated rings. The molecule has 2 heterocycles. The van der Waals surface area contributed by atoms with E-state index >= 15 is 0 Å². The van der Waals surface area contributed by atoms with E-state index in [1.54, 1.807) is 0 Å². The van der Waals surface area contributed by atoms with Crippen molar-refractivity contribution in [2.24, 2.45) is 0 Å². The molecular weight excluding hydrogens is 210 g/mol. The predicted molar refractivity (Wildman–Crippen MR) is 66.3 cm³/mol. The third-order valence-corrected chi connectivity index (χ3v) is 4.83. The second kappa shape index (κ2) is 5.19. The van der Waals surface area contributed by atoms with Gasteiger partial charge in [-0.25, -0.2) is 0 Å². The van der Waals surface area contributed by atoms with Crippen molar-refractivity contribution in [3.63, 3.8) is 0 Å². The molecule has 0 amide bonds. The fourth-order valence-electron chi connectivity index (χ4n) is 1.77. The van der Waals surface area contributed by atoms with E-state index < -0.39 is 0 Å². The van der Waals surface area contributed by atoms with Gasteiger partial charge in [-0.15, -0.1) is 11.3 Å². The van der Waals surface area contributed by atoms with Crippen LogP contribution in [0.3, 0.4) is 0 Å². The molecule has 78 valence electrons. The Morgan fingerprint density at radius 1 is 1.57 bits per heavy atom. The Hall–Kier alpha value is 0.01000. The van der Waals surface area contributed by atoms with Crippen molar-refractivity contribution in [3.8, 4) is 0 Å². The first-order chi connectivity index (χ1) is 6.90. The highest BCUT2D eigenvalue weighted by Gasteiger charge is 2.14. The zero-order valence-corrected chi connectivity index (χ0v) is 10.2. The largest absolute Gasteiger partial charge is 0.308 e. The molecule has 2 rings (SSSR count). The topological polar surface area (TPSA) is 12.0 Å². The molecule has 1 nitrogen and oxygen atoms in total. The zero-order valence-electron chi connectivity index (χ0n) is 8.58. The van der Waals surface area contributed by atoms with Crippen molar-refractivity contribution in [3.05, 3.63) is 21.9 Å². The molecule has 1 aliphatic rings. The summed E-state index contributed by atoms with van der Waals surface area (Å²) in [7, 11) is 0. The molecule has 0 aliphatic carbocycles. The highest BCUT2D eigenvalue weighted by molar-refractivity contribution is 7.99. The van der Waals surface area contributed by atoms with Crippen molar-refractivity contribution < 1.29 is 0 Å². The summed E-state index contributed by atoms with van der Waals surface area (Å²) in [6.45, 7) is 3.31. The van der Waals surface area contributed by atoms with E-state index in [0.717, 1.165) is 12.6 Å². The van der Waals surface area contributed by atoms with E-state index in [2.05, 4.69) is 35.4 Å². The van der Waals surface area contributed by atoms with E-state index in [9.17, 15) is 0 Å². The average Bonchev–Trinajstić information content (AvgIpc) is 2.85. The number of rotatable bonds is 4. The Morgan fingerprint density at radius 3 is 3.21 bits per heavy atom. The first-order valence-corrected chi connectivity index (χ1v) is 7.30. The Balaban J connectivity index is 1.84. The summed E-state index contributed by atoms with van der Waals surface area (Å²) in [5.74, 6) is 2.63. The Kier molecular flexibility index (Phi) is 3.90. The molecule has 1 aromatic heterocycles. The third kappa shape index (κ3) is 2.53. The van der Waals surface area contributed by atoms with Crippen LogP contribution in [0.5, 0.6) is 0 Å². The maximum absolute atomic E-state index is 3.65. The molecule has 1 unspecified atom stereocenters. The van der Waals surface area contributed by atoms with Gasteiger partial charge < -0.3 is 5.32 Å². The molecule has 3 heteroatoms. The van der Waals surface area contributed by atoms with Crippen molar-refractivity contribution in [2.45, 2.75) is 32.4 Å². The van der Waals surface area contributed by atoms with Gasteiger partial charge in [-0.1, -0.05) is 6.92 Å². The van der Waals surface area contributed by atoms with Gasteiger partial charge in [0.15, 0.2) is 0 Å². The average molecular weight is 227 g/mol. The SMILES string of the molecule is CCc1ccsc1CNC1CCSC1. The first-order valence-electron chi connectivity index (χ1n) is 5.26. The summed E-state index contributed by atoms with van der Waals surface area (Å²) in [5.41, 5.74) is 1.52. The van der Waals surface area contributed by atoms with Crippen LogP contribution in [-0.4, -0.2) is 17.5 Å². The number of thioether (sulfide) groups is 1. The van der Waals surface area contributed by atoms with Gasteiger partial charge in [0.2, 0.25) is 0 Å². The monoisotopic (exact) mass is 227 g/mol. The van der Waals surface area contributed by atoms with Gasteiger partial charge in [0.05, 0.1) is 0 Å². The predicted octanol–water partition coefficient (Wildman–Crippen LogP) is 2.91. The fourth-order valence-corrected chi connectivity index (χ4v) is 3.88. The van der Waals surface area contributed by atoms with E-state index in [4.69, 9.17) is 0 Å². The van der Waals surface area contributed by atoms with Gasteiger partial charge in [-0.3, -0.25) is 0 Å². The molecule has 0 radical (unpaired) electrons. The number of thiophene rings is 1. The van der Waals surface area contributed by atoms with Crippen LogP contribution in [0.4, 0.5) is 0 Å².